The van der Waals surface area contributed by atoms with Crippen LogP contribution in [0.4, 0.5) is 5.69 Å². The fourth-order valence-electron chi connectivity index (χ4n) is 4.53. The summed E-state index contributed by atoms with van der Waals surface area (Å²) in [5.74, 6) is -0.0162. The van der Waals surface area contributed by atoms with Crippen molar-refractivity contribution in [3.63, 3.8) is 0 Å². The summed E-state index contributed by atoms with van der Waals surface area (Å²) in [5.41, 5.74) is 0.368. The average Bonchev–Trinajstić information content (AvgIpc) is 2.95. The van der Waals surface area contributed by atoms with Crippen LogP contribution in [0.15, 0.2) is 77.7 Å². The molecule has 2 amide bonds. The minimum Gasteiger partial charge on any atom is -0.497 e. The number of methoxy groups -OCH3 is 1. The summed E-state index contributed by atoms with van der Waals surface area (Å²) in [6.07, 6.45) is 0.303. The number of amides is 2. The highest BCUT2D eigenvalue weighted by atomic mass is 35.5. The molecule has 0 fully saturated rings. The highest BCUT2D eigenvalue weighted by molar-refractivity contribution is 7.92. The Kier molecular flexibility index (Phi) is 11.5. The van der Waals surface area contributed by atoms with Crippen molar-refractivity contribution in [2.24, 2.45) is 0 Å². The number of anilines is 1. The molecule has 0 heterocycles. The van der Waals surface area contributed by atoms with E-state index in [0.717, 1.165) is 9.87 Å². The maximum absolute atomic E-state index is 14.3. The Morgan fingerprint density at radius 2 is 1.65 bits per heavy atom. The molecule has 1 atom stereocenters. The molecular weight excluding hydrogens is 590 g/mol. The zero-order chi connectivity index (χ0) is 31.8. The molecule has 43 heavy (non-hydrogen) atoms. The first-order chi connectivity index (χ1) is 20.3. The lowest BCUT2D eigenvalue weighted by Crippen LogP contribution is -2.55. The number of ether oxygens (including phenoxy) is 2. The number of hydrogen-bond acceptors (Lipinski definition) is 6. The number of nitrogens with one attached hydrogen (secondary N) is 1. The van der Waals surface area contributed by atoms with Crippen LogP contribution in [-0.4, -0.2) is 57.0 Å². The van der Waals surface area contributed by atoms with Crippen LogP contribution in [-0.2, 0) is 26.2 Å². The number of carbonyl (C=O) groups is 2. The third-order valence-corrected chi connectivity index (χ3v) is 8.51. The quantitative estimate of drug-likeness (QED) is 0.261. The predicted molar refractivity (Wildman–Crippen MR) is 169 cm³/mol. The maximum Gasteiger partial charge on any atom is 0.264 e. The predicted octanol–water partition coefficient (Wildman–Crippen LogP) is 5.66. The van der Waals surface area contributed by atoms with E-state index in [1.807, 2.05) is 33.8 Å². The number of sulfonamides is 1. The van der Waals surface area contributed by atoms with Crippen LogP contribution in [0.5, 0.6) is 11.5 Å². The summed E-state index contributed by atoms with van der Waals surface area (Å²) < 4.78 is 40.4. The van der Waals surface area contributed by atoms with Gasteiger partial charge < -0.3 is 19.7 Å². The number of halogens is 1. The number of nitrogens with zero attached hydrogens (tertiary/aromatic N) is 2. The fraction of sp³-hybridized carbons (Fsp3) is 0.375. The molecule has 0 saturated heterocycles. The van der Waals surface area contributed by atoms with Gasteiger partial charge >= 0.3 is 0 Å². The van der Waals surface area contributed by atoms with Gasteiger partial charge in [0.25, 0.3) is 10.0 Å². The first-order valence-electron chi connectivity index (χ1n) is 14.0. The van der Waals surface area contributed by atoms with Crippen LogP contribution >= 0.6 is 11.6 Å². The molecule has 0 bridgehead atoms. The van der Waals surface area contributed by atoms with E-state index in [-0.39, 0.29) is 29.6 Å². The fourth-order valence-corrected chi connectivity index (χ4v) is 6.08. The molecule has 0 aromatic heterocycles. The number of rotatable bonds is 13. The molecule has 0 aliphatic carbocycles. The Morgan fingerprint density at radius 1 is 0.977 bits per heavy atom. The van der Waals surface area contributed by atoms with Crippen LogP contribution in [0.2, 0.25) is 5.02 Å². The molecule has 3 rings (SSSR count). The number of hydrogen-bond donors (Lipinski definition) is 1. The monoisotopic (exact) mass is 629 g/mol. The van der Waals surface area contributed by atoms with Crippen molar-refractivity contribution in [1.82, 2.24) is 10.2 Å². The molecule has 0 unspecified atom stereocenters. The molecule has 9 nitrogen and oxygen atoms in total. The lowest BCUT2D eigenvalue weighted by atomic mass is 10.1. The second kappa shape index (κ2) is 14.6. The molecule has 0 radical (unpaired) electrons. The number of para-hydroxylation sites is 2. The Labute approximate surface area is 259 Å². The molecule has 0 aliphatic rings. The van der Waals surface area contributed by atoms with Gasteiger partial charge in [-0.2, -0.15) is 0 Å². The summed E-state index contributed by atoms with van der Waals surface area (Å²) in [7, 11) is -2.73. The summed E-state index contributed by atoms with van der Waals surface area (Å²) in [6.45, 7) is 8.92. The summed E-state index contributed by atoms with van der Waals surface area (Å²) in [4.78, 5) is 29.2. The van der Waals surface area contributed by atoms with Crippen molar-refractivity contribution < 1.29 is 27.5 Å². The van der Waals surface area contributed by atoms with E-state index >= 15 is 0 Å². The molecule has 0 spiro atoms. The van der Waals surface area contributed by atoms with E-state index in [9.17, 15) is 18.0 Å². The topological polar surface area (TPSA) is 105 Å². The van der Waals surface area contributed by atoms with E-state index < -0.39 is 34.1 Å². The van der Waals surface area contributed by atoms with E-state index in [2.05, 4.69) is 5.32 Å². The highest BCUT2D eigenvalue weighted by Crippen LogP contribution is 2.33. The van der Waals surface area contributed by atoms with Crippen molar-refractivity contribution in [3.05, 3.63) is 83.4 Å². The number of benzene rings is 3. The van der Waals surface area contributed by atoms with Gasteiger partial charge in [-0.05, 0) is 88.2 Å². The van der Waals surface area contributed by atoms with E-state index in [1.54, 1.807) is 56.5 Å². The van der Waals surface area contributed by atoms with Gasteiger partial charge in [-0.25, -0.2) is 8.42 Å². The Bertz CT molecular complexity index is 1510. The normalized spacial score (nSPS) is 12.3. The molecular formula is C32H40ClN3O6S. The smallest absolute Gasteiger partial charge is 0.264 e. The molecule has 11 heteroatoms. The van der Waals surface area contributed by atoms with Gasteiger partial charge in [0.1, 0.15) is 24.1 Å². The van der Waals surface area contributed by atoms with E-state index in [0.29, 0.717) is 22.9 Å². The van der Waals surface area contributed by atoms with Crippen molar-refractivity contribution in [2.45, 2.75) is 64.1 Å². The van der Waals surface area contributed by atoms with Crippen molar-refractivity contribution in [2.75, 3.05) is 24.6 Å². The van der Waals surface area contributed by atoms with E-state index in [4.69, 9.17) is 21.1 Å². The molecule has 232 valence electrons. The Hall–Kier alpha value is -3.76. The van der Waals surface area contributed by atoms with Crippen LogP contribution in [0.25, 0.3) is 0 Å². The highest BCUT2D eigenvalue weighted by Gasteiger charge is 2.35. The summed E-state index contributed by atoms with van der Waals surface area (Å²) >= 11 is 6.04. The van der Waals surface area contributed by atoms with Crippen molar-refractivity contribution >= 4 is 39.1 Å². The molecule has 0 saturated carbocycles. The minimum absolute atomic E-state index is 0.0483. The Balaban J connectivity index is 2.13. The van der Waals surface area contributed by atoms with Gasteiger partial charge in [0.2, 0.25) is 11.8 Å². The second-order valence-electron chi connectivity index (χ2n) is 10.9. The third-order valence-electron chi connectivity index (χ3n) is 6.49. The van der Waals surface area contributed by atoms with Crippen LogP contribution < -0.4 is 19.1 Å². The zero-order valence-corrected chi connectivity index (χ0v) is 27.0. The average molecular weight is 630 g/mol. The zero-order valence-electron chi connectivity index (χ0n) is 25.5. The Morgan fingerprint density at radius 3 is 2.26 bits per heavy atom. The first kappa shape index (κ1) is 33.7. The van der Waals surface area contributed by atoms with Gasteiger partial charge in [0.05, 0.1) is 24.3 Å². The molecule has 3 aromatic rings. The SMILES string of the molecule is CCOc1ccccc1N(CC(=O)N(Cc1cccc(OC)c1)[C@@H](CC)C(=O)NC(C)(C)C)S(=O)(=O)c1ccc(Cl)cc1. The molecule has 3 aromatic carbocycles. The van der Waals surface area contributed by atoms with Gasteiger partial charge in [0, 0.05) is 17.1 Å². The summed E-state index contributed by atoms with van der Waals surface area (Å²) in [6, 6.07) is 18.7. The van der Waals surface area contributed by atoms with Gasteiger partial charge in [0.15, 0.2) is 0 Å². The van der Waals surface area contributed by atoms with Crippen molar-refractivity contribution in [1.29, 1.82) is 0 Å². The second-order valence-corrected chi connectivity index (χ2v) is 13.2. The van der Waals surface area contributed by atoms with Gasteiger partial charge in [-0.3, -0.25) is 13.9 Å². The lowest BCUT2D eigenvalue weighted by Gasteiger charge is -2.35. The van der Waals surface area contributed by atoms with Crippen LogP contribution in [0.3, 0.4) is 0 Å². The van der Waals surface area contributed by atoms with E-state index in [1.165, 1.54) is 29.2 Å². The first-order valence-corrected chi connectivity index (χ1v) is 15.9. The van der Waals surface area contributed by atoms with Crippen LogP contribution in [0.1, 0.15) is 46.6 Å². The lowest BCUT2D eigenvalue weighted by molar-refractivity contribution is -0.141. The molecule has 1 N–H and O–H groups in total. The summed E-state index contributed by atoms with van der Waals surface area (Å²) in [5, 5.41) is 3.34. The van der Waals surface area contributed by atoms with Crippen molar-refractivity contribution in [3.8, 4) is 11.5 Å². The number of carbonyl (C=O) groups excluding carboxylic acids is 2. The molecule has 0 aliphatic heterocycles. The standard InChI is InChI=1S/C32H40ClN3O6S/c1-7-27(31(38)34-32(3,4)5)35(21-23-12-11-13-25(20-23)41-6)30(37)22-36(28-14-9-10-15-29(28)42-8-2)43(39,40)26-18-16-24(33)17-19-26/h9-20,27H,7-8,21-22H2,1-6H3,(H,34,38)/t27-/m0/s1. The third kappa shape index (κ3) is 8.87. The largest absolute Gasteiger partial charge is 0.497 e. The van der Waals surface area contributed by atoms with Gasteiger partial charge in [-0.1, -0.05) is 42.8 Å². The maximum atomic E-state index is 14.3. The van der Waals surface area contributed by atoms with Crippen LogP contribution in [0, 0.1) is 0 Å². The van der Waals surface area contributed by atoms with Gasteiger partial charge in [-0.15, -0.1) is 0 Å². The minimum atomic E-state index is -4.28.